The Kier molecular flexibility index (Phi) is 3.84. The Balaban J connectivity index is 1.99. The number of nitrogen functional groups attached to an aromatic ring is 1. The Morgan fingerprint density at radius 2 is 1.82 bits per heavy atom. The molecule has 90 valence electrons. The van der Waals surface area contributed by atoms with Crippen LogP contribution in [0.3, 0.4) is 0 Å². The number of aromatic nitrogens is 2. The van der Waals surface area contributed by atoms with Crippen molar-refractivity contribution in [3.05, 3.63) is 45.7 Å². The Labute approximate surface area is 110 Å². The highest BCUT2D eigenvalue weighted by Crippen LogP contribution is 2.17. The van der Waals surface area contributed by atoms with Gasteiger partial charge in [0.25, 0.3) is 0 Å². The van der Waals surface area contributed by atoms with Crippen LogP contribution in [0, 0.1) is 0 Å². The van der Waals surface area contributed by atoms with Crippen LogP contribution >= 0.6 is 15.9 Å². The summed E-state index contributed by atoms with van der Waals surface area (Å²) in [7, 11) is 0. The molecule has 0 aliphatic carbocycles. The molecule has 3 nitrogen and oxygen atoms in total. The SMILES string of the molecule is CCc1ccc(CCc2[nH]c(N)nc2Br)cc1. The van der Waals surface area contributed by atoms with Crippen molar-refractivity contribution in [2.45, 2.75) is 26.2 Å². The highest BCUT2D eigenvalue weighted by molar-refractivity contribution is 9.10. The molecule has 0 spiro atoms. The van der Waals surface area contributed by atoms with Crippen LogP contribution in [-0.2, 0) is 19.3 Å². The number of benzene rings is 1. The zero-order valence-corrected chi connectivity index (χ0v) is 11.4. The molecule has 0 saturated carbocycles. The fourth-order valence-corrected chi connectivity index (χ4v) is 2.27. The molecule has 1 aromatic carbocycles. The highest BCUT2D eigenvalue weighted by atomic mass is 79.9. The average Bonchev–Trinajstić information content (AvgIpc) is 2.66. The van der Waals surface area contributed by atoms with Crippen LogP contribution in [0.5, 0.6) is 0 Å². The van der Waals surface area contributed by atoms with Crippen LogP contribution in [0.15, 0.2) is 28.9 Å². The van der Waals surface area contributed by atoms with Crippen molar-refractivity contribution in [3.63, 3.8) is 0 Å². The maximum atomic E-state index is 5.59. The number of anilines is 1. The first kappa shape index (κ1) is 12.2. The molecule has 0 amide bonds. The van der Waals surface area contributed by atoms with Crippen molar-refractivity contribution in [3.8, 4) is 0 Å². The van der Waals surface area contributed by atoms with Crippen molar-refractivity contribution in [1.82, 2.24) is 9.97 Å². The van der Waals surface area contributed by atoms with Gasteiger partial charge in [-0.2, -0.15) is 0 Å². The van der Waals surface area contributed by atoms with Crippen LogP contribution < -0.4 is 5.73 Å². The third kappa shape index (κ3) is 3.09. The molecule has 1 heterocycles. The zero-order valence-electron chi connectivity index (χ0n) is 9.83. The van der Waals surface area contributed by atoms with E-state index in [1.165, 1.54) is 11.1 Å². The Morgan fingerprint density at radius 3 is 2.35 bits per heavy atom. The van der Waals surface area contributed by atoms with Crippen LogP contribution in [0.4, 0.5) is 5.95 Å². The molecule has 3 N–H and O–H groups in total. The first-order chi connectivity index (χ1) is 8.19. The van der Waals surface area contributed by atoms with Gasteiger partial charge in [-0.1, -0.05) is 31.2 Å². The number of nitrogens with two attached hydrogens (primary N) is 1. The second kappa shape index (κ2) is 5.36. The number of nitrogens with one attached hydrogen (secondary N) is 1. The molecule has 0 atom stereocenters. The minimum absolute atomic E-state index is 0.466. The summed E-state index contributed by atoms with van der Waals surface area (Å²) < 4.78 is 0.820. The predicted octanol–water partition coefficient (Wildman–Crippen LogP) is 3.10. The molecule has 0 aliphatic rings. The summed E-state index contributed by atoms with van der Waals surface area (Å²) in [6, 6.07) is 8.75. The summed E-state index contributed by atoms with van der Waals surface area (Å²) in [6.07, 6.45) is 2.99. The van der Waals surface area contributed by atoms with E-state index in [1.54, 1.807) is 0 Å². The molecule has 2 rings (SSSR count). The monoisotopic (exact) mass is 293 g/mol. The third-order valence-electron chi connectivity index (χ3n) is 2.84. The quantitative estimate of drug-likeness (QED) is 0.910. The van der Waals surface area contributed by atoms with E-state index in [9.17, 15) is 0 Å². The number of halogens is 1. The summed E-state index contributed by atoms with van der Waals surface area (Å²) in [5, 5.41) is 0. The number of rotatable bonds is 4. The number of aryl methyl sites for hydroxylation is 3. The van der Waals surface area contributed by atoms with Crippen molar-refractivity contribution in [2.24, 2.45) is 0 Å². The van der Waals surface area contributed by atoms with E-state index in [0.717, 1.165) is 29.6 Å². The van der Waals surface area contributed by atoms with E-state index in [0.29, 0.717) is 5.95 Å². The van der Waals surface area contributed by atoms with E-state index >= 15 is 0 Å². The summed E-state index contributed by atoms with van der Waals surface area (Å²) >= 11 is 3.39. The molecule has 2 aromatic rings. The fourth-order valence-electron chi connectivity index (χ4n) is 1.78. The first-order valence-corrected chi connectivity index (χ1v) is 6.56. The van der Waals surface area contributed by atoms with Gasteiger partial charge in [0.15, 0.2) is 5.95 Å². The zero-order chi connectivity index (χ0) is 12.3. The lowest BCUT2D eigenvalue weighted by Crippen LogP contribution is -1.93. The molecule has 1 aromatic heterocycles. The van der Waals surface area contributed by atoms with Crippen LogP contribution in [-0.4, -0.2) is 9.97 Å². The lowest BCUT2D eigenvalue weighted by atomic mass is 10.1. The van der Waals surface area contributed by atoms with E-state index in [1.807, 2.05) is 0 Å². The van der Waals surface area contributed by atoms with Crippen LogP contribution in [0.25, 0.3) is 0 Å². The fraction of sp³-hybridized carbons (Fsp3) is 0.308. The highest BCUT2D eigenvalue weighted by Gasteiger charge is 2.05. The number of H-pyrrole nitrogens is 1. The minimum Gasteiger partial charge on any atom is -0.369 e. The van der Waals surface area contributed by atoms with Crippen molar-refractivity contribution in [1.29, 1.82) is 0 Å². The molecule has 0 aliphatic heterocycles. The van der Waals surface area contributed by atoms with Gasteiger partial charge in [0, 0.05) is 0 Å². The van der Waals surface area contributed by atoms with Gasteiger partial charge in [0.1, 0.15) is 4.60 Å². The Morgan fingerprint density at radius 1 is 1.18 bits per heavy atom. The summed E-state index contributed by atoms with van der Waals surface area (Å²) in [5.41, 5.74) is 9.36. The van der Waals surface area contributed by atoms with Crippen LogP contribution in [0.2, 0.25) is 0 Å². The Bertz CT molecular complexity index is 488. The summed E-state index contributed by atoms with van der Waals surface area (Å²) in [4.78, 5) is 7.15. The lowest BCUT2D eigenvalue weighted by molar-refractivity contribution is 0.918. The number of hydrogen-bond acceptors (Lipinski definition) is 2. The Hall–Kier alpha value is -1.29. The molecule has 0 radical (unpaired) electrons. The van der Waals surface area contributed by atoms with Gasteiger partial charge in [-0.15, -0.1) is 0 Å². The second-order valence-corrected chi connectivity index (χ2v) is 4.81. The smallest absolute Gasteiger partial charge is 0.198 e. The lowest BCUT2D eigenvalue weighted by Gasteiger charge is -2.02. The van der Waals surface area contributed by atoms with Gasteiger partial charge in [-0.05, 0) is 46.3 Å². The summed E-state index contributed by atoms with van der Waals surface area (Å²) in [5.74, 6) is 0.466. The second-order valence-electron chi connectivity index (χ2n) is 4.06. The number of nitrogens with zero attached hydrogens (tertiary/aromatic N) is 1. The van der Waals surface area contributed by atoms with Gasteiger partial charge >= 0.3 is 0 Å². The summed E-state index contributed by atoms with van der Waals surface area (Å²) in [6.45, 7) is 2.17. The number of imidazole rings is 1. The first-order valence-electron chi connectivity index (χ1n) is 5.76. The molecular formula is C13H16BrN3. The van der Waals surface area contributed by atoms with Gasteiger partial charge in [-0.3, -0.25) is 0 Å². The van der Waals surface area contributed by atoms with Crippen LogP contribution in [0.1, 0.15) is 23.7 Å². The molecule has 0 bridgehead atoms. The van der Waals surface area contributed by atoms with Gasteiger partial charge in [0.2, 0.25) is 0 Å². The molecule has 0 saturated heterocycles. The van der Waals surface area contributed by atoms with Gasteiger partial charge < -0.3 is 10.7 Å². The third-order valence-corrected chi connectivity index (χ3v) is 3.50. The molecule has 0 unspecified atom stereocenters. The normalized spacial score (nSPS) is 10.7. The number of aromatic amines is 1. The van der Waals surface area contributed by atoms with Gasteiger partial charge in [-0.25, -0.2) is 4.98 Å². The minimum atomic E-state index is 0.466. The average molecular weight is 294 g/mol. The van der Waals surface area contributed by atoms with E-state index in [4.69, 9.17) is 5.73 Å². The van der Waals surface area contributed by atoms with Crippen molar-refractivity contribution in [2.75, 3.05) is 5.73 Å². The maximum Gasteiger partial charge on any atom is 0.198 e. The van der Waals surface area contributed by atoms with Crippen molar-refractivity contribution >= 4 is 21.9 Å². The largest absolute Gasteiger partial charge is 0.369 e. The van der Waals surface area contributed by atoms with E-state index < -0.39 is 0 Å². The van der Waals surface area contributed by atoms with Gasteiger partial charge in [0.05, 0.1) is 5.69 Å². The number of hydrogen-bond donors (Lipinski definition) is 2. The molecular weight excluding hydrogens is 278 g/mol. The molecule has 0 fully saturated rings. The molecule has 4 heteroatoms. The standard InChI is InChI=1S/C13H16BrN3/c1-2-9-3-5-10(6-4-9)7-8-11-12(14)17-13(15)16-11/h3-6H,2,7-8H2,1H3,(H3,15,16,17). The topological polar surface area (TPSA) is 54.7 Å². The van der Waals surface area contributed by atoms with E-state index in [-0.39, 0.29) is 0 Å². The van der Waals surface area contributed by atoms with Crippen molar-refractivity contribution < 1.29 is 0 Å². The maximum absolute atomic E-state index is 5.59. The predicted molar refractivity (Wildman–Crippen MR) is 73.9 cm³/mol. The molecule has 17 heavy (non-hydrogen) atoms. The van der Waals surface area contributed by atoms with E-state index in [2.05, 4.69) is 57.1 Å².